The van der Waals surface area contributed by atoms with Crippen LogP contribution in [0.3, 0.4) is 0 Å². The predicted molar refractivity (Wildman–Crippen MR) is 91.1 cm³/mol. The molecule has 114 valence electrons. The standard InChI is InChI=1S/C18H16N4O/c1-11-6-3-4-9-14(11)23-18-17-16(19-10-20-18)13-8-5-7-12(2)15(13)21-22-17/h3-9,19H,10H2,1-2H3. The molecule has 5 heteroatoms. The second-order valence-electron chi connectivity index (χ2n) is 5.56. The van der Waals surface area contributed by atoms with Crippen LogP contribution < -0.4 is 10.1 Å². The van der Waals surface area contributed by atoms with Crippen LogP contribution in [-0.4, -0.2) is 22.8 Å². The van der Waals surface area contributed by atoms with E-state index in [0.717, 1.165) is 33.5 Å². The summed E-state index contributed by atoms with van der Waals surface area (Å²) in [5.74, 6) is 1.29. The van der Waals surface area contributed by atoms with Crippen molar-refractivity contribution < 1.29 is 4.74 Å². The highest BCUT2D eigenvalue weighted by atomic mass is 16.5. The van der Waals surface area contributed by atoms with Crippen LogP contribution in [0.25, 0.3) is 10.9 Å². The fourth-order valence-corrected chi connectivity index (χ4v) is 2.72. The van der Waals surface area contributed by atoms with Gasteiger partial charge in [0, 0.05) is 5.39 Å². The summed E-state index contributed by atoms with van der Waals surface area (Å²) in [6.45, 7) is 4.50. The Bertz CT molecular complexity index is 933. The zero-order valence-corrected chi connectivity index (χ0v) is 13.0. The van der Waals surface area contributed by atoms with Gasteiger partial charge >= 0.3 is 0 Å². The molecule has 5 nitrogen and oxygen atoms in total. The molecule has 2 aromatic carbocycles. The van der Waals surface area contributed by atoms with Crippen molar-refractivity contribution in [1.82, 2.24) is 10.2 Å². The lowest BCUT2D eigenvalue weighted by atomic mass is 10.1. The third kappa shape index (κ3) is 2.30. The van der Waals surface area contributed by atoms with E-state index in [9.17, 15) is 0 Å². The molecule has 0 unspecified atom stereocenters. The van der Waals surface area contributed by atoms with Gasteiger partial charge in [-0.3, -0.25) is 0 Å². The largest absolute Gasteiger partial charge is 0.437 e. The zero-order valence-electron chi connectivity index (χ0n) is 13.0. The quantitative estimate of drug-likeness (QED) is 0.748. The van der Waals surface area contributed by atoms with Gasteiger partial charge in [-0.25, -0.2) is 4.99 Å². The number of fused-ring (bicyclic) bond motifs is 3. The fraction of sp³-hybridized carbons (Fsp3) is 0.167. The molecule has 1 aromatic heterocycles. The number of aromatic nitrogens is 2. The number of aryl methyl sites for hydroxylation is 2. The smallest absolute Gasteiger partial charge is 0.246 e. The highest BCUT2D eigenvalue weighted by Gasteiger charge is 2.21. The lowest BCUT2D eigenvalue weighted by Gasteiger charge is -2.19. The summed E-state index contributed by atoms with van der Waals surface area (Å²) < 4.78 is 6.00. The second kappa shape index (κ2) is 5.35. The van der Waals surface area contributed by atoms with Crippen LogP contribution in [0.5, 0.6) is 5.75 Å². The normalized spacial score (nSPS) is 13.2. The van der Waals surface area contributed by atoms with E-state index in [4.69, 9.17) is 4.74 Å². The first-order chi connectivity index (χ1) is 11.2. The maximum Gasteiger partial charge on any atom is 0.246 e. The van der Waals surface area contributed by atoms with Gasteiger partial charge in [0.1, 0.15) is 12.4 Å². The first-order valence-electron chi connectivity index (χ1n) is 7.52. The maximum absolute atomic E-state index is 6.00. The third-order valence-corrected chi connectivity index (χ3v) is 3.98. The van der Waals surface area contributed by atoms with Crippen LogP contribution in [0.15, 0.2) is 47.5 Å². The molecule has 0 atom stereocenters. The number of benzene rings is 2. The Kier molecular flexibility index (Phi) is 3.19. The van der Waals surface area contributed by atoms with E-state index in [2.05, 4.69) is 20.5 Å². The Morgan fingerprint density at radius 1 is 0.957 bits per heavy atom. The maximum atomic E-state index is 6.00. The number of para-hydroxylation sites is 1. The molecule has 0 aliphatic carbocycles. The van der Waals surface area contributed by atoms with Crippen LogP contribution >= 0.6 is 0 Å². The Morgan fingerprint density at radius 3 is 2.65 bits per heavy atom. The highest BCUT2D eigenvalue weighted by molar-refractivity contribution is 6.07. The van der Waals surface area contributed by atoms with Crippen molar-refractivity contribution >= 4 is 22.5 Å². The number of anilines is 1. The van der Waals surface area contributed by atoms with Crippen LogP contribution in [0, 0.1) is 13.8 Å². The Morgan fingerprint density at radius 2 is 1.78 bits per heavy atom. The van der Waals surface area contributed by atoms with Gasteiger partial charge in [-0.2, -0.15) is 0 Å². The van der Waals surface area contributed by atoms with Crippen LogP contribution in [-0.2, 0) is 0 Å². The van der Waals surface area contributed by atoms with E-state index in [-0.39, 0.29) is 0 Å². The molecule has 23 heavy (non-hydrogen) atoms. The minimum atomic E-state index is 0.461. The van der Waals surface area contributed by atoms with Gasteiger partial charge in [0.25, 0.3) is 0 Å². The number of rotatable bonds is 1. The fourth-order valence-electron chi connectivity index (χ4n) is 2.72. The summed E-state index contributed by atoms with van der Waals surface area (Å²) in [5.41, 5.74) is 4.63. The van der Waals surface area contributed by atoms with E-state index in [1.165, 1.54) is 0 Å². The minimum absolute atomic E-state index is 0.461. The highest BCUT2D eigenvalue weighted by Crippen LogP contribution is 2.29. The van der Waals surface area contributed by atoms with E-state index in [1.54, 1.807) is 0 Å². The molecule has 0 saturated heterocycles. The summed E-state index contributed by atoms with van der Waals surface area (Å²) in [5, 5.41) is 13.0. The molecule has 4 rings (SSSR count). The van der Waals surface area contributed by atoms with Gasteiger partial charge in [-0.15, -0.1) is 10.2 Å². The molecule has 0 saturated carbocycles. The second-order valence-corrected chi connectivity index (χ2v) is 5.56. The minimum Gasteiger partial charge on any atom is -0.437 e. The third-order valence-electron chi connectivity index (χ3n) is 3.98. The lowest BCUT2D eigenvalue weighted by molar-refractivity contribution is 0.540. The van der Waals surface area contributed by atoms with Gasteiger partial charge in [0.05, 0.1) is 11.2 Å². The summed E-state index contributed by atoms with van der Waals surface area (Å²) >= 11 is 0. The topological polar surface area (TPSA) is 59.4 Å². The summed E-state index contributed by atoms with van der Waals surface area (Å²) in [7, 11) is 0. The average molecular weight is 304 g/mol. The molecule has 1 N–H and O–H groups in total. The molecule has 0 amide bonds. The molecule has 0 radical (unpaired) electrons. The number of nitrogens with zero attached hydrogens (tertiary/aromatic N) is 3. The van der Waals surface area contributed by atoms with Gasteiger partial charge in [-0.05, 0) is 31.0 Å². The molecule has 0 fully saturated rings. The molecule has 2 heterocycles. The number of hydrogen-bond donors (Lipinski definition) is 1. The van der Waals surface area contributed by atoms with Crippen molar-refractivity contribution in [2.75, 3.05) is 12.0 Å². The number of ether oxygens (including phenoxy) is 1. The first-order valence-corrected chi connectivity index (χ1v) is 7.52. The molecular formula is C18H16N4O. The van der Waals surface area contributed by atoms with Crippen LogP contribution in [0.2, 0.25) is 0 Å². The van der Waals surface area contributed by atoms with Crippen molar-refractivity contribution in [3.05, 3.63) is 59.3 Å². The molecule has 3 aromatic rings. The van der Waals surface area contributed by atoms with E-state index in [0.29, 0.717) is 18.3 Å². The molecule has 1 aliphatic heterocycles. The van der Waals surface area contributed by atoms with Gasteiger partial charge in [0.2, 0.25) is 5.90 Å². The number of hydrogen-bond acceptors (Lipinski definition) is 5. The summed E-state index contributed by atoms with van der Waals surface area (Å²) in [4.78, 5) is 4.42. The van der Waals surface area contributed by atoms with Gasteiger partial charge in [0.15, 0.2) is 5.69 Å². The Balaban J connectivity index is 1.82. The molecular weight excluding hydrogens is 288 g/mol. The molecule has 0 bridgehead atoms. The lowest BCUT2D eigenvalue weighted by Crippen LogP contribution is -2.23. The Labute approximate surface area is 134 Å². The Hall–Kier alpha value is -2.95. The van der Waals surface area contributed by atoms with E-state index < -0.39 is 0 Å². The predicted octanol–water partition coefficient (Wildman–Crippen LogP) is 3.46. The average Bonchev–Trinajstić information content (AvgIpc) is 2.57. The van der Waals surface area contributed by atoms with Gasteiger partial charge < -0.3 is 10.1 Å². The molecule has 0 spiro atoms. The number of aliphatic imine (C=N–C) groups is 1. The number of nitrogens with one attached hydrogen (secondary N) is 1. The van der Waals surface area contributed by atoms with E-state index in [1.807, 2.05) is 56.3 Å². The SMILES string of the molecule is Cc1ccccc1OC1=NCNc2c1nnc1c(C)cccc21. The summed E-state index contributed by atoms with van der Waals surface area (Å²) in [6, 6.07) is 14.0. The van der Waals surface area contributed by atoms with Crippen molar-refractivity contribution in [1.29, 1.82) is 0 Å². The first kappa shape index (κ1) is 13.7. The van der Waals surface area contributed by atoms with Crippen molar-refractivity contribution in [3.8, 4) is 5.75 Å². The van der Waals surface area contributed by atoms with Gasteiger partial charge in [-0.1, -0.05) is 36.4 Å². The van der Waals surface area contributed by atoms with Crippen molar-refractivity contribution in [2.24, 2.45) is 4.99 Å². The van der Waals surface area contributed by atoms with E-state index >= 15 is 0 Å². The zero-order chi connectivity index (χ0) is 15.8. The summed E-state index contributed by atoms with van der Waals surface area (Å²) in [6.07, 6.45) is 0. The van der Waals surface area contributed by atoms with Crippen LogP contribution in [0.1, 0.15) is 16.8 Å². The van der Waals surface area contributed by atoms with Crippen molar-refractivity contribution in [2.45, 2.75) is 13.8 Å². The molecule has 1 aliphatic rings. The van der Waals surface area contributed by atoms with Crippen molar-refractivity contribution in [3.63, 3.8) is 0 Å². The monoisotopic (exact) mass is 304 g/mol. The van der Waals surface area contributed by atoms with Crippen LogP contribution in [0.4, 0.5) is 5.69 Å².